The van der Waals surface area contributed by atoms with Gasteiger partial charge in [0.25, 0.3) is 0 Å². The van der Waals surface area contributed by atoms with E-state index >= 15 is 0 Å². The van der Waals surface area contributed by atoms with Crippen LogP contribution in [0.4, 0.5) is 0 Å². The van der Waals surface area contributed by atoms with Gasteiger partial charge in [0.2, 0.25) is 5.91 Å². The fourth-order valence-electron chi connectivity index (χ4n) is 2.60. The second kappa shape index (κ2) is 6.90. The predicted octanol–water partition coefficient (Wildman–Crippen LogP) is 1.23. The Morgan fingerprint density at radius 1 is 1.35 bits per heavy atom. The molecule has 112 valence electrons. The van der Waals surface area contributed by atoms with Crippen molar-refractivity contribution >= 4 is 5.91 Å². The lowest BCUT2D eigenvalue weighted by Crippen LogP contribution is -2.45. The number of hydrogen-bond donors (Lipinski definition) is 1. The number of amides is 1. The largest absolute Gasteiger partial charge is 0.464 e. The number of carbonyl (C=O) groups excluding carboxylic acids is 1. The standard InChI is InChI=1S/C15H25N3O2/c1-12-4-5-14(20-12)10-18(3)15(19)11-17(2)13-6-8-16-9-7-13/h4-5,13,16H,6-11H2,1-3H3. The van der Waals surface area contributed by atoms with E-state index in [1.54, 1.807) is 4.90 Å². The number of carbonyl (C=O) groups is 1. The summed E-state index contributed by atoms with van der Waals surface area (Å²) in [5.74, 6) is 1.86. The van der Waals surface area contributed by atoms with Gasteiger partial charge in [-0.15, -0.1) is 0 Å². The van der Waals surface area contributed by atoms with Crippen LogP contribution in [-0.4, -0.2) is 55.5 Å². The summed E-state index contributed by atoms with van der Waals surface area (Å²) in [6.07, 6.45) is 2.23. The maximum Gasteiger partial charge on any atom is 0.236 e. The van der Waals surface area contributed by atoms with Crippen molar-refractivity contribution in [2.24, 2.45) is 0 Å². The molecule has 0 saturated carbocycles. The van der Waals surface area contributed by atoms with Gasteiger partial charge in [-0.05, 0) is 52.0 Å². The van der Waals surface area contributed by atoms with E-state index in [0.717, 1.165) is 37.5 Å². The van der Waals surface area contributed by atoms with E-state index in [-0.39, 0.29) is 5.91 Å². The highest BCUT2D eigenvalue weighted by Gasteiger charge is 2.21. The van der Waals surface area contributed by atoms with Crippen LogP contribution in [0.5, 0.6) is 0 Å². The first-order valence-corrected chi connectivity index (χ1v) is 7.26. The monoisotopic (exact) mass is 279 g/mol. The average Bonchev–Trinajstić information content (AvgIpc) is 2.85. The second-order valence-electron chi connectivity index (χ2n) is 5.66. The van der Waals surface area contributed by atoms with E-state index in [1.807, 2.05) is 33.2 Å². The molecule has 1 aliphatic rings. The number of nitrogens with one attached hydrogen (secondary N) is 1. The molecule has 0 atom stereocenters. The molecule has 1 amide bonds. The van der Waals surface area contributed by atoms with Gasteiger partial charge in [-0.1, -0.05) is 0 Å². The Morgan fingerprint density at radius 3 is 2.65 bits per heavy atom. The summed E-state index contributed by atoms with van der Waals surface area (Å²) in [6, 6.07) is 4.37. The highest BCUT2D eigenvalue weighted by Crippen LogP contribution is 2.11. The maximum absolute atomic E-state index is 12.2. The Hall–Kier alpha value is -1.33. The zero-order valence-electron chi connectivity index (χ0n) is 12.7. The summed E-state index contributed by atoms with van der Waals surface area (Å²) in [6.45, 7) is 5.01. The lowest BCUT2D eigenvalue weighted by molar-refractivity contribution is -0.132. The van der Waals surface area contributed by atoms with Gasteiger partial charge in [-0.2, -0.15) is 0 Å². The fourth-order valence-corrected chi connectivity index (χ4v) is 2.60. The van der Waals surface area contributed by atoms with Crippen molar-refractivity contribution in [1.82, 2.24) is 15.1 Å². The number of hydrogen-bond acceptors (Lipinski definition) is 4. The van der Waals surface area contributed by atoms with Gasteiger partial charge in [0.1, 0.15) is 11.5 Å². The molecule has 1 N–H and O–H groups in total. The maximum atomic E-state index is 12.2. The molecule has 1 aromatic heterocycles. The first kappa shape index (κ1) is 15.1. The molecule has 0 bridgehead atoms. The van der Waals surface area contributed by atoms with Crippen molar-refractivity contribution in [3.05, 3.63) is 23.7 Å². The van der Waals surface area contributed by atoms with Crippen LogP contribution < -0.4 is 5.32 Å². The lowest BCUT2D eigenvalue weighted by atomic mass is 10.1. The Labute approximate surface area is 120 Å². The molecule has 0 aromatic carbocycles. The van der Waals surface area contributed by atoms with E-state index < -0.39 is 0 Å². The molecule has 0 aliphatic carbocycles. The molecule has 2 rings (SSSR count). The smallest absolute Gasteiger partial charge is 0.236 e. The number of piperidine rings is 1. The Balaban J connectivity index is 1.80. The van der Waals surface area contributed by atoms with Crippen LogP contribution >= 0.6 is 0 Å². The number of rotatable bonds is 5. The topological polar surface area (TPSA) is 48.7 Å². The zero-order valence-corrected chi connectivity index (χ0v) is 12.7. The Bertz CT molecular complexity index is 438. The molecular weight excluding hydrogens is 254 g/mol. The van der Waals surface area contributed by atoms with E-state index in [4.69, 9.17) is 4.42 Å². The van der Waals surface area contributed by atoms with Gasteiger partial charge in [0.05, 0.1) is 13.1 Å². The van der Waals surface area contributed by atoms with Crippen LogP contribution in [0.3, 0.4) is 0 Å². The molecule has 0 radical (unpaired) electrons. The predicted molar refractivity (Wildman–Crippen MR) is 78.4 cm³/mol. The van der Waals surface area contributed by atoms with Gasteiger partial charge in [-0.25, -0.2) is 0 Å². The van der Waals surface area contributed by atoms with Crippen molar-refractivity contribution < 1.29 is 9.21 Å². The molecule has 20 heavy (non-hydrogen) atoms. The molecular formula is C15H25N3O2. The summed E-state index contributed by atoms with van der Waals surface area (Å²) in [5.41, 5.74) is 0. The summed E-state index contributed by atoms with van der Waals surface area (Å²) in [4.78, 5) is 16.1. The first-order chi connectivity index (χ1) is 9.56. The summed E-state index contributed by atoms with van der Waals surface area (Å²) in [5, 5.41) is 3.35. The molecule has 2 heterocycles. The van der Waals surface area contributed by atoms with Gasteiger partial charge in [0, 0.05) is 13.1 Å². The van der Waals surface area contributed by atoms with Gasteiger partial charge in [-0.3, -0.25) is 9.69 Å². The van der Waals surface area contributed by atoms with Crippen LogP contribution in [0.15, 0.2) is 16.5 Å². The highest BCUT2D eigenvalue weighted by atomic mass is 16.3. The van der Waals surface area contributed by atoms with Crippen LogP contribution in [0.25, 0.3) is 0 Å². The average molecular weight is 279 g/mol. The lowest BCUT2D eigenvalue weighted by Gasteiger charge is -2.32. The second-order valence-corrected chi connectivity index (χ2v) is 5.66. The Morgan fingerprint density at radius 2 is 2.05 bits per heavy atom. The van der Waals surface area contributed by atoms with Crippen LogP contribution in [0.1, 0.15) is 24.4 Å². The minimum atomic E-state index is 0.139. The Kier molecular flexibility index (Phi) is 5.20. The van der Waals surface area contributed by atoms with Crippen molar-refractivity contribution in [2.75, 3.05) is 33.7 Å². The SMILES string of the molecule is Cc1ccc(CN(C)C(=O)CN(C)C2CCNCC2)o1. The minimum absolute atomic E-state index is 0.139. The molecule has 1 aromatic rings. The molecule has 1 aliphatic heterocycles. The molecule has 0 spiro atoms. The normalized spacial score (nSPS) is 16.6. The third-order valence-corrected chi connectivity index (χ3v) is 3.93. The molecule has 5 heteroatoms. The van der Waals surface area contributed by atoms with Gasteiger partial charge >= 0.3 is 0 Å². The van der Waals surface area contributed by atoms with Crippen LogP contribution in [0, 0.1) is 6.92 Å². The highest BCUT2D eigenvalue weighted by molar-refractivity contribution is 5.77. The van der Waals surface area contributed by atoms with Gasteiger partial charge < -0.3 is 14.6 Å². The number of likely N-dealkylation sites (N-methyl/N-ethyl adjacent to an activating group) is 2. The third kappa shape index (κ3) is 4.08. The fraction of sp³-hybridized carbons (Fsp3) is 0.667. The third-order valence-electron chi connectivity index (χ3n) is 3.93. The van der Waals surface area contributed by atoms with Crippen molar-refractivity contribution in [3.63, 3.8) is 0 Å². The zero-order chi connectivity index (χ0) is 14.5. The van der Waals surface area contributed by atoms with E-state index in [9.17, 15) is 4.79 Å². The van der Waals surface area contributed by atoms with E-state index in [0.29, 0.717) is 19.1 Å². The summed E-state index contributed by atoms with van der Waals surface area (Å²) < 4.78 is 5.51. The quantitative estimate of drug-likeness (QED) is 0.881. The van der Waals surface area contributed by atoms with E-state index in [1.165, 1.54) is 0 Å². The minimum Gasteiger partial charge on any atom is -0.464 e. The number of aryl methyl sites for hydroxylation is 1. The number of furan rings is 1. The van der Waals surface area contributed by atoms with Crippen molar-refractivity contribution in [2.45, 2.75) is 32.4 Å². The van der Waals surface area contributed by atoms with Crippen LogP contribution in [-0.2, 0) is 11.3 Å². The molecule has 1 fully saturated rings. The molecule has 1 saturated heterocycles. The summed E-state index contributed by atoms with van der Waals surface area (Å²) >= 11 is 0. The van der Waals surface area contributed by atoms with Crippen molar-refractivity contribution in [3.8, 4) is 0 Å². The first-order valence-electron chi connectivity index (χ1n) is 7.26. The molecule has 0 unspecified atom stereocenters. The van der Waals surface area contributed by atoms with E-state index in [2.05, 4.69) is 10.2 Å². The van der Waals surface area contributed by atoms with Crippen LogP contribution in [0.2, 0.25) is 0 Å². The van der Waals surface area contributed by atoms with Gasteiger partial charge in [0.15, 0.2) is 0 Å². The van der Waals surface area contributed by atoms with Crippen molar-refractivity contribution in [1.29, 1.82) is 0 Å². The molecule has 5 nitrogen and oxygen atoms in total. The number of nitrogens with zero attached hydrogens (tertiary/aromatic N) is 2. The summed E-state index contributed by atoms with van der Waals surface area (Å²) in [7, 11) is 3.87.